The average Bonchev–Trinajstić information content (AvgIpc) is 3.05. The van der Waals surface area contributed by atoms with Gasteiger partial charge in [0.15, 0.2) is 0 Å². The first kappa shape index (κ1) is 19.9. The van der Waals surface area contributed by atoms with Gasteiger partial charge in [0.05, 0.1) is 17.7 Å². The minimum absolute atomic E-state index is 0.0743. The first-order valence-electron chi connectivity index (χ1n) is 8.43. The van der Waals surface area contributed by atoms with Gasteiger partial charge in [-0.25, -0.2) is 0 Å². The summed E-state index contributed by atoms with van der Waals surface area (Å²) in [6, 6.07) is 14.0. The Labute approximate surface area is 170 Å². The van der Waals surface area contributed by atoms with Crippen molar-refractivity contribution in [2.45, 2.75) is 13.0 Å². The van der Waals surface area contributed by atoms with E-state index in [4.69, 9.17) is 27.2 Å². The molecule has 0 spiro atoms. The third-order valence-electron chi connectivity index (χ3n) is 3.76. The number of ether oxygens (including phenoxy) is 1. The topological polar surface area (TPSA) is 113 Å². The maximum absolute atomic E-state index is 12.1. The SMILES string of the molecule is CC(CO)N=C(N)c1c(Nc2ccc(Oc3ccccc3Cl)cc2)s[nH]c1=O. The molecule has 0 aliphatic carbocycles. The van der Waals surface area contributed by atoms with E-state index in [0.29, 0.717) is 21.5 Å². The lowest BCUT2D eigenvalue weighted by Gasteiger charge is -2.10. The van der Waals surface area contributed by atoms with Gasteiger partial charge in [-0.2, -0.15) is 0 Å². The summed E-state index contributed by atoms with van der Waals surface area (Å²) in [5, 5.41) is 13.3. The second kappa shape index (κ2) is 8.92. The summed E-state index contributed by atoms with van der Waals surface area (Å²) in [7, 11) is 0. The summed E-state index contributed by atoms with van der Waals surface area (Å²) >= 11 is 7.22. The molecule has 0 fully saturated rings. The van der Waals surface area contributed by atoms with Crippen molar-refractivity contribution in [2.75, 3.05) is 11.9 Å². The van der Waals surface area contributed by atoms with Crippen LogP contribution in [0.25, 0.3) is 0 Å². The Bertz CT molecular complexity index is 1030. The molecule has 0 aliphatic heterocycles. The van der Waals surface area contributed by atoms with Gasteiger partial charge in [0.1, 0.15) is 27.9 Å². The van der Waals surface area contributed by atoms with Crippen LogP contribution < -0.4 is 21.3 Å². The molecule has 1 heterocycles. The number of aromatic amines is 1. The predicted octanol–water partition coefficient (Wildman–Crippen LogP) is 3.71. The Kier molecular flexibility index (Phi) is 6.35. The van der Waals surface area contributed by atoms with Gasteiger partial charge in [0, 0.05) is 5.69 Å². The number of amidine groups is 1. The number of anilines is 2. The first-order chi connectivity index (χ1) is 13.5. The van der Waals surface area contributed by atoms with Crippen LogP contribution in [0.15, 0.2) is 58.3 Å². The number of rotatable bonds is 7. The minimum atomic E-state index is -0.395. The van der Waals surface area contributed by atoms with Gasteiger partial charge in [-0.1, -0.05) is 23.7 Å². The predicted molar refractivity (Wildman–Crippen MR) is 113 cm³/mol. The molecule has 3 rings (SSSR count). The number of halogens is 1. The molecule has 1 unspecified atom stereocenters. The highest BCUT2D eigenvalue weighted by Gasteiger charge is 2.15. The van der Waals surface area contributed by atoms with Crippen LogP contribution in [0.1, 0.15) is 12.5 Å². The molecule has 0 bridgehead atoms. The molecular formula is C19H19ClN4O3S. The van der Waals surface area contributed by atoms with Gasteiger partial charge in [-0.05, 0) is 54.9 Å². The molecule has 1 aromatic heterocycles. The summed E-state index contributed by atoms with van der Waals surface area (Å²) < 4.78 is 8.40. The standard InChI is InChI=1S/C19H19ClN4O3S/c1-11(10-25)22-17(21)16-18(26)24-28-19(16)23-12-6-8-13(9-7-12)27-15-5-3-2-4-14(15)20/h2-9,11,23,25H,10H2,1H3,(H2,21,22)(H,24,26). The van der Waals surface area contributed by atoms with Crippen LogP contribution in [0.2, 0.25) is 5.02 Å². The number of hydrogen-bond donors (Lipinski definition) is 4. The van der Waals surface area contributed by atoms with Gasteiger partial charge in [0.25, 0.3) is 5.56 Å². The summed E-state index contributed by atoms with van der Waals surface area (Å²) in [5.74, 6) is 1.27. The Morgan fingerprint density at radius 3 is 2.71 bits per heavy atom. The number of nitrogens with zero attached hydrogens (tertiary/aromatic N) is 1. The maximum atomic E-state index is 12.1. The largest absolute Gasteiger partial charge is 0.456 e. The fourth-order valence-corrected chi connectivity index (χ4v) is 3.30. The number of aromatic nitrogens is 1. The lowest BCUT2D eigenvalue weighted by atomic mass is 10.2. The molecule has 0 amide bonds. The second-order valence-corrected chi connectivity index (χ2v) is 7.19. The number of nitrogens with two attached hydrogens (primary N) is 1. The second-order valence-electron chi connectivity index (χ2n) is 5.97. The molecule has 0 aliphatic rings. The molecule has 0 saturated heterocycles. The van der Waals surface area contributed by atoms with E-state index in [1.54, 1.807) is 31.2 Å². The lowest BCUT2D eigenvalue weighted by Crippen LogP contribution is -2.24. The van der Waals surface area contributed by atoms with E-state index in [9.17, 15) is 4.79 Å². The Hall–Kier alpha value is -2.81. The summed E-state index contributed by atoms with van der Waals surface area (Å²) in [4.78, 5) is 16.2. The molecule has 5 N–H and O–H groups in total. The fourth-order valence-electron chi connectivity index (χ4n) is 2.36. The zero-order chi connectivity index (χ0) is 20.1. The van der Waals surface area contributed by atoms with Crippen molar-refractivity contribution in [1.29, 1.82) is 0 Å². The van der Waals surface area contributed by atoms with Gasteiger partial charge in [0.2, 0.25) is 0 Å². The smallest absolute Gasteiger partial charge is 0.271 e. The first-order valence-corrected chi connectivity index (χ1v) is 9.63. The number of aliphatic imine (C=N–C) groups is 1. The van der Waals surface area contributed by atoms with Gasteiger partial charge in [-0.15, -0.1) is 0 Å². The Balaban J connectivity index is 1.77. The zero-order valence-electron chi connectivity index (χ0n) is 15.0. The number of benzene rings is 2. The van der Waals surface area contributed by atoms with Crippen LogP contribution in [0.3, 0.4) is 0 Å². The quantitative estimate of drug-likeness (QED) is 0.345. The van der Waals surface area contributed by atoms with Gasteiger partial charge in [-0.3, -0.25) is 14.2 Å². The average molecular weight is 419 g/mol. The zero-order valence-corrected chi connectivity index (χ0v) is 16.6. The van der Waals surface area contributed by atoms with E-state index in [1.807, 2.05) is 24.3 Å². The molecule has 2 aromatic carbocycles. The van der Waals surface area contributed by atoms with Crippen LogP contribution >= 0.6 is 23.1 Å². The molecule has 7 nitrogen and oxygen atoms in total. The monoisotopic (exact) mass is 418 g/mol. The molecule has 0 saturated carbocycles. The molecule has 28 heavy (non-hydrogen) atoms. The lowest BCUT2D eigenvalue weighted by molar-refractivity contribution is 0.274. The number of aliphatic hydroxyl groups is 1. The number of H-pyrrole nitrogens is 1. The third-order valence-corrected chi connectivity index (χ3v) is 4.87. The minimum Gasteiger partial charge on any atom is -0.456 e. The summed E-state index contributed by atoms with van der Waals surface area (Å²) in [5.41, 5.74) is 6.61. The van der Waals surface area contributed by atoms with E-state index in [-0.39, 0.29) is 23.6 Å². The number of hydrogen-bond acceptors (Lipinski definition) is 6. The Morgan fingerprint density at radius 1 is 1.32 bits per heavy atom. The molecular weight excluding hydrogens is 400 g/mol. The van der Waals surface area contributed by atoms with E-state index >= 15 is 0 Å². The molecule has 9 heteroatoms. The van der Waals surface area contributed by atoms with Crippen molar-refractivity contribution in [3.63, 3.8) is 0 Å². The highest BCUT2D eigenvalue weighted by Crippen LogP contribution is 2.30. The normalized spacial score (nSPS) is 12.6. The van der Waals surface area contributed by atoms with Gasteiger partial charge >= 0.3 is 0 Å². The van der Waals surface area contributed by atoms with Crippen molar-refractivity contribution in [1.82, 2.24) is 4.37 Å². The van der Waals surface area contributed by atoms with E-state index in [2.05, 4.69) is 14.7 Å². The van der Waals surface area contributed by atoms with Gasteiger partial charge < -0.3 is 20.9 Å². The highest BCUT2D eigenvalue weighted by molar-refractivity contribution is 7.10. The molecule has 0 radical (unpaired) electrons. The highest BCUT2D eigenvalue weighted by atomic mass is 35.5. The fraction of sp³-hybridized carbons (Fsp3) is 0.158. The van der Waals surface area contributed by atoms with Crippen LogP contribution in [-0.4, -0.2) is 28.0 Å². The molecule has 3 aromatic rings. The van der Waals surface area contributed by atoms with Crippen molar-refractivity contribution in [2.24, 2.45) is 10.7 Å². The van der Waals surface area contributed by atoms with Crippen LogP contribution in [-0.2, 0) is 0 Å². The van der Waals surface area contributed by atoms with Crippen LogP contribution in [0.4, 0.5) is 10.7 Å². The van der Waals surface area contributed by atoms with Crippen LogP contribution in [0, 0.1) is 0 Å². The van der Waals surface area contributed by atoms with Crippen molar-refractivity contribution in [3.05, 3.63) is 69.5 Å². The van der Waals surface area contributed by atoms with E-state index in [1.165, 1.54) is 0 Å². The van der Waals surface area contributed by atoms with Crippen LogP contribution in [0.5, 0.6) is 11.5 Å². The third kappa shape index (κ3) is 4.72. The summed E-state index contributed by atoms with van der Waals surface area (Å²) in [6.45, 7) is 1.55. The number of aliphatic hydroxyl groups excluding tert-OH is 1. The van der Waals surface area contributed by atoms with E-state index < -0.39 is 6.04 Å². The summed E-state index contributed by atoms with van der Waals surface area (Å²) in [6.07, 6.45) is 0. The number of para-hydroxylation sites is 1. The van der Waals surface area contributed by atoms with Crippen molar-refractivity contribution in [3.8, 4) is 11.5 Å². The maximum Gasteiger partial charge on any atom is 0.271 e. The molecule has 1 atom stereocenters. The number of nitrogens with one attached hydrogen (secondary N) is 2. The van der Waals surface area contributed by atoms with E-state index in [0.717, 1.165) is 17.2 Å². The van der Waals surface area contributed by atoms with Crippen molar-refractivity contribution < 1.29 is 9.84 Å². The Morgan fingerprint density at radius 2 is 2.04 bits per heavy atom. The molecule has 146 valence electrons. The van der Waals surface area contributed by atoms with Crippen molar-refractivity contribution >= 4 is 39.7 Å².